The van der Waals surface area contributed by atoms with Crippen LogP contribution >= 0.6 is 35.0 Å². The number of aromatic nitrogens is 2. The van der Waals surface area contributed by atoms with Crippen LogP contribution in [0, 0.1) is 0 Å². The molecule has 0 aromatic carbocycles. The third kappa shape index (κ3) is 5.37. The molecule has 0 bridgehead atoms. The summed E-state index contributed by atoms with van der Waals surface area (Å²) >= 11 is 13.4. The smallest absolute Gasteiger partial charge is 0.410 e. The Labute approximate surface area is 167 Å². The minimum absolute atomic E-state index is 0.00210. The Bertz CT molecular complexity index is 674. The monoisotopic (exact) mass is 420 g/mol. The van der Waals surface area contributed by atoms with E-state index in [0.717, 1.165) is 12.8 Å². The van der Waals surface area contributed by atoms with Crippen molar-refractivity contribution in [2.75, 3.05) is 19.3 Å². The van der Waals surface area contributed by atoms with E-state index in [1.807, 2.05) is 20.8 Å². The molecule has 1 saturated heterocycles. The number of rotatable bonds is 4. The summed E-state index contributed by atoms with van der Waals surface area (Å²) < 4.78 is 5.42. The average Bonchev–Trinajstić information content (AvgIpc) is 2.99. The molecule has 0 unspecified atom stereocenters. The van der Waals surface area contributed by atoms with Gasteiger partial charge in [0.1, 0.15) is 21.5 Å². The maximum atomic E-state index is 12.4. The van der Waals surface area contributed by atoms with Crippen LogP contribution in [0.3, 0.4) is 0 Å². The molecule has 0 saturated carbocycles. The first-order valence-corrected chi connectivity index (χ1v) is 10.2. The molecule has 0 spiro atoms. The summed E-state index contributed by atoms with van der Waals surface area (Å²) in [7, 11) is 0. The topological polar surface area (TPSA) is 84.4 Å². The zero-order chi connectivity index (χ0) is 19.5. The predicted molar refractivity (Wildman–Crippen MR) is 102 cm³/mol. The van der Waals surface area contributed by atoms with Gasteiger partial charge in [0.15, 0.2) is 5.16 Å². The molecule has 1 fully saturated rings. The van der Waals surface area contributed by atoms with E-state index in [4.69, 9.17) is 27.9 Å². The molecular formula is C16H22Cl2N4O3S. The second-order valence-corrected chi connectivity index (χ2v) is 8.34. The summed E-state index contributed by atoms with van der Waals surface area (Å²) in [5.74, 6) is -0.469. The molecule has 2 amide bonds. The standard InChI is InChI=1S/C16H22Cl2N4O3S/c1-16(2,3)25-15(24)22-7-5-6-9(22)8-19-13(23)10-11(17)20-14(26-4)21-12(10)18/h9H,5-8H2,1-4H3,(H,19,23)/t9-/m0/s1. The van der Waals surface area contributed by atoms with Crippen molar-refractivity contribution < 1.29 is 14.3 Å². The fraction of sp³-hybridized carbons (Fsp3) is 0.625. The maximum absolute atomic E-state index is 12.4. The molecule has 1 aromatic rings. The van der Waals surface area contributed by atoms with Gasteiger partial charge >= 0.3 is 6.09 Å². The van der Waals surface area contributed by atoms with Crippen molar-refractivity contribution in [2.45, 2.75) is 50.4 Å². The van der Waals surface area contributed by atoms with Gasteiger partial charge in [-0.1, -0.05) is 35.0 Å². The lowest BCUT2D eigenvalue weighted by Gasteiger charge is -2.28. The molecular weight excluding hydrogens is 399 g/mol. The van der Waals surface area contributed by atoms with Gasteiger partial charge in [0.25, 0.3) is 5.91 Å². The van der Waals surface area contributed by atoms with Crippen molar-refractivity contribution in [1.82, 2.24) is 20.2 Å². The number of nitrogens with zero attached hydrogens (tertiary/aromatic N) is 3. The Morgan fingerprint density at radius 2 is 1.92 bits per heavy atom. The van der Waals surface area contributed by atoms with Gasteiger partial charge in [-0.2, -0.15) is 0 Å². The van der Waals surface area contributed by atoms with Gasteiger partial charge in [-0.3, -0.25) is 4.79 Å². The number of hydrogen-bond donors (Lipinski definition) is 1. The predicted octanol–water partition coefficient (Wildman–Crippen LogP) is 3.63. The van der Waals surface area contributed by atoms with Gasteiger partial charge in [-0.05, 0) is 39.9 Å². The first-order chi connectivity index (χ1) is 12.1. The average molecular weight is 421 g/mol. The molecule has 1 aromatic heterocycles. The lowest BCUT2D eigenvalue weighted by atomic mass is 10.2. The second kappa shape index (κ2) is 8.63. The van der Waals surface area contributed by atoms with Gasteiger partial charge < -0.3 is 15.0 Å². The summed E-state index contributed by atoms with van der Waals surface area (Å²) in [6.07, 6.45) is 3.04. The zero-order valence-corrected chi connectivity index (χ0v) is 17.5. The van der Waals surface area contributed by atoms with Crippen molar-refractivity contribution in [3.63, 3.8) is 0 Å². The summed E-state index contributed by atoms with van der Waals surface area (Å²) in [5, 5.41) is 3.16. The molecule has 2 rings (SSSR count). The van der Waals surface area contributed by atoms with Crippen molar-refractivity contribution in [2.24, 2.45) is 0 Å². The van der Waals surface area contributed by atoms with E-state index in [9.17, 15) is 9.59 Å². The fourth-order valence-electron chi connectivity index (χ4n) is 2.58. The molecule has 0 radical (unpaired) electrons. The third-order valence-corrected chi connectivity index (χ3v) is 4.81. The molecule has 26 heavy (non-hydrogen) atoms. The first-order valence-electron chi connectivity index (χ1n) is 8.17. The quantitative estimate of drug-likeness (QED) is 0.454. The number of likely N-dealkylation sites (tertiary alicyclic amines) is 1. The van der Waals surface area contributed by atoms with E-state index < -0.39 is 11.5 Å². The molecule has 1 atom stereocenters. The normalized spacial score (nSPS) is 17.3. The van der Waals surface area contributed by atoms with Crippen molar-refractivity contribution in [1.29, 1.82) is 0 Å². The van der Waals surface area contributed by atoms with Gasteiger partial charge in [0.2, 0.25) is 0 Å². The number of carbonyl (C=O) groups is 2. The number of hydrogen-bond acceptors (Lipinski definition) is 6. The van der Waals surface area contributed by atoms with E-state index in [-0.39, 0.29) is 34.5 Å². The summed E-state index contributed by atoms with van der Waals surface area (Å²) in [4.78, 5) is 34.4. The Morgan fingerprint density at radius 1 is 1.31 bits per heavy atom. The minimum Gasteiger partial charge on any atom is -0.444 e. The van der Waals surface area contributed by atoms with Gasteiger partial charge in [-0.25, -0.2) is 14.8 Å². The highest BCUT2D eigenvalue weighted by Crippen LogP contribution is 2.25. The number of carbonyl (C=O) groups excluding carboxylic acids is 2. The Balaban J connectivity index is 2.02. The molecule has 2 heterocycles. The maximum Gasteiger partial charge on any atom is 0.410 e. The van der Waals surface area contributed by atoms with Crippen molar-refractivity contribution in [3.05, 3.63) is 15.9 Å². The fourth-order valence-corrected chi connectivity index (χ4v) is 3.60. The Hall–Kier alpha value is -1.25. The van der Waals surface area contributed by atoms with E-state index in [1.165, 1.54) is 11.8 Å². The number of ether oxygens (including phenoxy) is 1. The largest absolute Gasteiger partial charge is 0.444 e. The van der Waals surface area contributed by atoms with Gasteiger partial charge in [0, 0.05) is 13.1 Å². The van der Waals surface area contributed by atoms with Crippen LogP contribution in [0.1, 0.15) is 44.0 Å². The number of thioether (sulfide) groups is 1. The number of amides is 2. The summed E-state index contributed by atoms with van der Waals surface area (Å²) in [6.45, 7) is 6.33. The van der Waals surface area contributed by atoms with Crippen molar-refractivity contribution in [3.8, 4) is 0 Å². The van der Waals surface area contributed by atoms with Crippen LogP contribution in [-0.4, -0.2) is 57.9 Å². The Morgan fingerprint density at radius 3 is 2.46 bits per heavy atom. The molecule has 1 aliphatic rings. The van der Waals surface area contributed by atoms with Crippen LogP contribution in [-0.2, 0) is 4.74 Å². The van der Waals surface area contributed by atoms with Crippen LogP contribution in [0.4, 0.5) is 4.79 Å². The number of nitrogens with one attached hydrogen (secondary N) is 1. The number of halogens is 2. The summed E-state index contributed by atoms with van der Waals surface area (Å²) in [6, 6.07) is -0.141. The minimum atomic E-state index is -0.565. The van der Waals surface area contributed by atoms with E-state index in [1.54, 1.807) is 11.2 Å². The highest BCUT2D eigenvalue weighted by molar-refractivity contribution is 7.98. The molecule has 10 heteroatoms. The van der Waals surface area contributed by atoms with Crippen LogP contribution in [0.2, 0.25) is 10.3 Å². The third-order valence-electron chi connectivity index (χ3n) is 3.71. The van der Waals surface area contributed by atoms with E-state index in [0.29, 0.717) is 11.7 Å². The SMILES string of the molecule is CSc1nc(Cl)c(C(=O)NC[C@@H]2CCCN2C(=O)OC(C)(C)C)c(Cl)n1. The highest BCUT2D eigenvalue weighted by atomic mass is 35.5. The molecule has 1 aliphatic heterocycles. The molecule has 0 aliphatic carbocycles. The van der Waals surface area contributed by atoms with E-state index >= 15 is 0 Å². The highest BCUT2D eigenvalue weighted by Gasteiger charge is 2.32. The second-order valence-electron chi connectivity index (χ2n) is 6.85. The lowest BCUT2D eigenvalue weighted by Crippen LogP contribution is -2.45. The molecule has 1 N–H and O–H groups in total. The molecule has 144 valence electrons. The van der Waals surface area contributed by atoms with Gasteiger partial charge in [0.05, 0.1) is 6.04 Å². The van der Waals surface area contributed by atoms with Crippen LogP contribution in [0.25, 0.3) is 0 Å². The molecule has 7 nitrogen and oxygen atoms in total. The van der Waals surface area contributed by atoms with Crippen LogP contribution in [0.15, 0.2) is 5.16 Å². The van der Waals surface area contributed by atoms with E-state index in [2.05, 4.69) is 15.3 Å². The Kier molecular flexibility index (Phi) is 6.99. The van der Waals surface area contributed by atoms with Crippen LogP contribution in [0.5, 0.6) is 0 Å². The van der Waals surface area contributed by atoms with Gasteiger partial charge in [-0.15, -0.1) is 0 Å². The zero-order valence-electron chi connectivity index (χ0n) is 15.1. The van der Waals surface area contributed by atoms with Crippen LogP contribution < -0.4 is 5.32 Å². The lowest BCUT2D eigenvalue weighted by molar-refractivity contribution is 0.0225. The summed E-state index contributed by atoms with van der Waals surface area (Å²) in [5.41, 5.74) is -0.529. The first kappa shape index (κ1) is 21.1. The van der Waals surface area contributed by atoms with Crippen molar-refractivity contribution >= 4 is 47.0 Å².